The zero-order valence-corrected chi connectivity index (χ0v) is 17.9. The Morgan fingerprint density at radius 2 is 1.90 bits per heavy atom. The Hall–Kier alpha value is -2.46. The smallest absolute Gasteiger partial charge is 0.254 e. The first-order valence-corrected chi connectivity index (χ1v) is 12.6. The summed E-state index contributed by atoms with van der Waals surface area (Å²) < 4.78 is 68.0. The number of carbonyl (C=O) groups is 1. The molecule has 1 saturated heterocycles. The van der Waals surface area contributed by atoms with Crippen molar-refractivity contribution in [2.45, 2.75) is 23.0 Å². The van der Waals surface area contributed by atoms with Crippen LogP contribution >= 0.6 is 0 Å². The number of methoxy groups -OCH3 is 1. The number of amides is 1. The van der Waals surface area contributed by atoms with Gasteiger partial charge in [-0.15, -0.1) is 0 Å². The summed E-state index contributed by atoms with van der Waals surface area (Å²) in [5.74, 6) is -1.54. The predicted octanol–water partition coefficient (Wildman–Crippen LogP) is 1.77. The summed E-state index contributed by atoms with van der Waals surface area (Å²) in [6.07, 6.45) is 0.487. The third kappa shape index (κ3) is 4.99. The molecule has 1 aliphatic rings. The molecule has 30 heavy (non-hydrogen) atoms. The SMILES string of the molecule is COc1ccc(CCNC(=O)c2cc(S(=O)(=O)C3CCS(=O)(=O)C3)ccc2F)cc1. The lowest BCUT2D eigenvalue weighted by Gasteiger charge is -2.12. The van der Waals surface area contributed by atoms with Crippen molar-refractivity contribution in [2.24, 2.45) is 0 Å². The molecule has 2 aromatic carbocycles. The normalized spacial score (nSPS) is 18.1. The summed E-state index contributed by atoms with van der Waals surface area (Å²) in [6.45, 7) is 0.225. The van der Waals surface area contributed by atoms with Crippen molar-refractivity contribution in [1.82, 2.24) is 5.32 Å². The second kappa shape index (κ2) is 8.73. The Morgan fingerprint density at radius 1 is 1.20 bits per heavy atom. The molecule has 0 aromatic heterocycles. The number of rotatable bonds is 7. The van der Waals surface area contributed by atoms with Gasteiger partial charge in [0.25, 0.3) is 5.91 Å². The van der Waals surface area contributed by atoms with E-state index >= 15 is 0 Å². The van der Waals surface area contributed by atoms with Crippen molar-refractivity contribution < 1.29 is 30.8 Å². The molecule has 0 aliphatic carbocycles. The molecular formula is C20H22FNO6S2. The molecule has 0 bridgehead atoms. The van der Waals surface area contributed by atoms with Crippen LogP contribution in [0.25, 0.3) is 0 Å². The summed E-state index contributed by atoms with van der Waals surface area (Å²) in [5, 5.41) is 1.49. The topological polar surface area (TPSA) is 107 Å². The van der Waals surface area contributed by atoms with E-state index in [-0.39, 0.29) is 23.6 Å². The van der Waals surface area contributed by atoms with Gasteiger partial charge in [-0.3, -0.25) is 4.79 Å². The molecule has 1 atom stereocenters. The molecule has 7 nitrogen and oxygen atoms in total. The first-order valence-electron chi connectivity index (χ1n) is 9.27. The molecule has 1 amide bonds. The molecule has 0 spiro atoms. The Morgan fingerprint density at radius 3 is 2.50 bits per heavy atom. The first kappa shape index (κ1) is 22.2. The summed E-state index contributed by atoms with van der Waals surface area (Å²) in [5.41, 5.74) is 0.544. The fourth-order valence-electron chi connectivity index (χ4n) is 3.26. The average Bonchev–Trinajstić information content (AvgIpc) is 3.09. The van der Waals surface area contributed by atoms with Gasteiger partial charge < -0.3 is 10.1 Å². The lowest BCUT2D eigenvalue weighted by molar-refractivity contribution is 0.0950. The van der Waals surface area contributed by atoms with E-state index in [4.69, 9.17) is 4.74 Å². The fourth-order valence-corrected chi connectivity index (χ4v) is 7.65. The second-order valence-electron chi connectivity index (χ2n) is 7.07. The van der Waals surface area contributed by atoms with Gasteiger partial charge in [0.2, 0.25) is 0 Å². The summed E-state index contributed by atoms with van der Waals surface area (Å²) in [4.78, 5) is 12.1. The highest BCUT2D eigenvalue weighted by Crippen LogP contribution is 2.26. The Kier molecular flexibility index (Phi) is 6.47. The van der Waals surface area contributed by atoms with Crippen molar-refractivity contribution in [3.8, 4) is 5.75 Å². The molecular weight excluding hydrogens is 433 g/mol. The van der Waals surface area contributed by atoms with E-state index in [1.807, 2.05) is 12.1 Å². The molecule has 2 aromatic rings. The van der Waals surface area contributed by atoms with Crippen molar-refractivity contribution in [1.29, 1.82) is 0 Å². The van der Waals surface area contributed by atoms with Gasteiger partial charge in [-0.2, -0.15) is 0 Å². The van der Waals surface area contributed by atoms with Crippen LogP contribution in [0.1, 0.15) is 22.3 Å². The highest BCUT2D eigenvalue weighted by Gasteiger charge is 2.38. The van der Waals surface area contributed by atoms with E-state index in [2.05, 4.69) is 5.32 Å². The minimum absolute atomic E-state index is 0.00850. The number of benzene rings is 2. The van der Waals surface area contributed by atoms with Gasteiger partial charge in [0.05, 0.1) is 34.3 Å². The molecule has 1 fully saturated rings. The van der Waals surface area contributed by atoms with Gasteiger partial charge >= 0.3 is 0 Å². The highest BCUT2D eigenvalue weighted by atomic mass is 32.2. The van der Waals surface area contributed by atoms with Crippen LogP contribution in [0, 0.1) is 5.82 Å². The van der Waals surface area contributed by atoms with Crippen LogP contribution in [0.3, 0.4) is 0 Å². The lowest BCUT2D eigenvalue weighted by atomic mass is 10.1. The highest BCUT2D eigenvalue weighted by molar-refractivity contribution is 7.96. The minimum Gasteiger partial charge on any atom is -0.497 e. The van der Waals surface area contributed by atoms with Gasteiger partial charge in [0.15, 0.2) is 19.7 Å². The molecule has 1 unspecified atom stereocenters. The fraction of sp³-hybridized carbons (Fsp3) is 0.350. The van der Waals surface area contributed by atoms with Crippen molar-refractivity contribution in [3.05, 3.63) is 59.4 Å². The number of sulfone groups is 2. The number of carbonyl (C=O) groups excluding carboxylic acids is 1. The summed E-state index contributed by atoms with van der Waals surface area (Å²) >= 11 is 0. The van der Waals surface area contributed by atoms with Gasteiger partial charge in [-0.25, -0.2) is 21.2 Å². The molecule has 1 heterocycles. The monoisotopic (exact) mass is 455 g/mol. The van der Waals surface area contributed by atoms with Crippen molar-refractivity contribution >= 4 is 25.6 Å². The number of hydrogen-bond donors (Lipinski definition) is 1. The van der Waals surface area contributed by atoms with E-state index in [9.17, 15) is 26.0 Å². The quantitative estimate of drug-likeness (QED) is 0.638. The van der Waals surface area contributed by atoms with Crippen LogP contribution in [-0.4, -0.2) is 53.2 Å². The van der Waals surface area contributed by atoms with E-state index in [0.29, 0.717) is 12.2 Å². The van der Waals surface area contributed by atoms with Crippen LogP contribution < -0.4 is 10.1 Å². The summed E-state index contributed by atoms with van der Waals surface area (Å²) in [7, 11) is -5.84. The molecule has 3 rings (SSSR count). The van der Waals surface area contributed by atoms with Crippen LogP contribution in [0.4, 0.5) is 4.39 Å². The third-order valence-electron chi connectivity index (χ3n) is 5.00. The standard InChI is InChI=1S/C20H22FNO6S2/c1-28-15-4-2-14(3-5-15)8-10-22-20(23)18-12-16(6-7-19(18)21)30(26,27)17-9-11-29(24,25)13-17/h2-7,12,17H,8-11,13H2,1H3,(H,22,23). The van der Waals surface area contributed by atoms with E-state index in [1.54, 1.807) is 19.2 Å². The Balaban J connectivity index is 1.70. The second-order valence-corrected chi connectivity index (χ2v) is 11.5. The number of nitrogens with one attached hydrogen (secondary N) is 1. The number of hydrogen-bond acceptors (Lipinski definition) is 6. The first-order chi connectivity index (χ1) is 14.1. The minimum atomic E-state index is -3.99. The average molecular weight is 456 g/mol. The van der Waals surface area contributed by atoms with Crippen LogP contribution in [0.15, 0.2) is 47.4 Å². The van der Waals surface area contributed by atoms with Gasteiger partial charge in [0.1, 0.15) is 11.6 Å². The lowest BCUT2D eigenvalue weighted by Crippen LogP contribution is -2.27. The number of halogens is 1. The maximum absolute atomic E-state index is 14.2. The molecule has 0 radical (unpaired) electrons. The van der Waals surface area contributed by atoms with E-state index in [0.717, 1.165) is 23.8 Å². The van der Waals surface area contributed by atoms with E-state index < -0.39 is 48.0 Å². The van der Waals surface area contributed by atoms with Gasteiger partial charge in [-0.1, -0.05) is 12.1 Å². The zero-order chi connectivity index (χ0) is 21.9. The Bertz CT molecular complexity index is 1140. The van der Waals surface area contributed by atoms with Gasteiger partial charge in [0, 0.05) is 6.54 Å². The van der Waals surface area contributed by atoms with E-state index in [1.165, 1.54) is 0 Å². The van der Waals surface area contributed by atoms with Gasteiger partial charge in [-0.05, 0) is 48.7 Å². The molecule has 1 aliphatic heterocycles. The molecule has 10 heteroatoms. The predicted molar refractivity (Wildman–Crippen MR) is 110 cm³/mol. The van der Waals surface area contributed by atoms with Crippen molar-refractivity contribution in [3.63, 3.8) is 0 Å². The summed E-state index contributed by atoms with van der Waals surface area (Å²) in [6, 6.07) is 10.2. The third-order valence-corrected chi connectivity index (χ3v) is 9.17. The van der Waals surface area contributed by atoms with Crippen LogP contribution in [-0.2, 0) is 26.1 Å². The Labute approximate surface area is 175 Å². The van der Waals surface area contributed by atoms with Crippen molar-refractivity contribution in [2.75, 3.05) is 25.2 Å². The maximum atomic E-state index is 14.2. The van der Waals surface area contributed by atoms with Crippen LogP contribution in [0.5, 0.6) is 5.75 Å². The molecule has 1 N–H and O–H groups in total. The molecule has 0 saturated carbocycles. The largest absolute Gasteiger partial charge is 0.497 e. The number of ether oxygens (including phenoxy) is 1. The van der Waals surface area contributed by atoms with Crippen LogP contribution in [0.2, 0.25) is 0 Å². The molecule has 162 valence electrons. The maximum Gasteiger partial charge on any atom is 0.254 e. The zero-order valence-electron chi connectivity index (χ0n) is 16.3.